The molecule has 0 fully saturated rings. The van der Waals surface area contributed by atoms with Gasteiger partial charge in [-0.25, -0.2) is 4.98 Å². The summed E-state index contributed by atoms with van der Waals surface area (Å²) in [6, 6.07) is 14.9. The van der Waals surface area contributed by atoms with Crippen LogP contribution in [0, 0.1) is 0 Å². The van der Waals surface area contributed by atoms with Gasteiger partial charge >= 0.3 is 6.18 Å². The fourth-order valence-electron chi connectivity index (χ4n) is 3.20. The number of H-pyrrole nitrogens is 1. The number of imidazole rings is 1. The Morgan fingerprint density at radius 3 is 2.35 bits per heavy atom. The van der Waals surface area contributed by atoms with Crippen LogP contribution in [0.15, 0.2) is 67.3 Å². The van der Waals surface area contributed by atoms with Crippen LogP contribution in [-0.4, -0.2) is 29.0 Å². The van der Waals surface area contributed by atoms with E-state index in [9.17, 15) is 13.2 Å². The molecule has 1 heterocycles. The maximum absolute atomic E-state index is 13.4. The Kier molecular flexibility index (Phi) is 6.65. The van der Waals surface area contributed by atoms with Crippen LogP contribution in [0.2, 0.25) is 0 Å². The molecule has 0 radical (unpaired) electrons. The van der Waals surface area contributed by atoms with E-state index in [1.54, 1.807) is 13.0 Å². The molecule has 1 aromatic heterocycles. The van der Waals surface area contributed by atoms with E-state index in [1.165, 1.54) is 18.2 Å². The first kappa shape index (κ1) is 22.4. The van der Waals surface area contributed by atoms with Gasteiger partial charge in [-0.2, -0.15) is 13.2 Å². The molecular formula is C24H24F3N3O. The van der Waals surface area contributed by atoms with Crippen molar-refractivity contribution in [1.82, 2.24) is 14.9 Å². The smallest absolute Gasteiger partial charge is 0.417 e. The maximum atomic E-state index is 13.4. The quantitative estimate of drug-likeness (QED) is 0.456. The summed E-state index contributed by atoms with van der Waals surface area (Å²) in [5, 5.41) is 0. The Hall–Kier alpha value is -3.32. The van der Waals surface area contributed by atoms with Crippen molar-refractivity contribution in [3.05, 3.63) is 89.9 Å². The lowest BCUT2D eigenvalue weighted by atomic mass is 10.1. The molecule has 1 N–H and O–H groups in total. The van der Waals surface area contributed by atoms with Gasteiger partial charge in [0.1, 0.15) is 5.76 Å². The molecule has 0 unspecified atom stereocenters. The molecule has 0 aliphatic carbocycles. The van der Waals surface area contributed by atoms with Gasteiger partial charge in [0.05, 0.1) is 17.0 Å². The number of hydrogen-bond acceptors (Lipinski definition) is 3. The zero-order chi connectivity index (χ0) is 22.6. The molecule has 0 aliphatic heterocycles. The summed E-state index contributed by atoms with van der Waals surface area (Å²) in [5.41, 5.74) is 1.65. The minimum absolute atomic E-state index is 0.104. The van der Waals surface area contributed by atoms with Crippen molar-refractivity contribution in [2.75, 3.05) is 14.1 Å². The number of benzene rings is 2. The molecular weight excluding hydrogens is 403 g/mol. The zero-order valence-corrected chi connectivity index (χ0v) is 17.6. The number of ether oxygens (including phenoxy) is 1. The second-order valence-corrected chi connectivity index (χ2v) is 7.24. The number of rotatable bonds is 7. The summed E-state index contributed by atoms with van der Waals surface area (Å²) in [4.78, 5) is 9.94. The molecule has 162 valence electrons. The molecule has 0 saturated heterocycles. The summed E-state index contributed by atoms with van der Waals surface area (Å²) < 4.78 is 45.9. The monoisotopic (exact) mass is 427 g/mol. The summed E-state index contributed by atoms with van der Waals surface area (Å²) >= 11 is 0. The molecule has 4 nitrogen and oxygen atoms in total. The number of nitrogens with zero attached hydrogens (tertiary/aromatic N) is 2. The lowest BCUT2D eigenvalue weighted by Gasteiger charge is -2.16. The largest absolute Gasteiger partial charge is 0.454 e. The first-order valence-corrected chi connectivity index (χ1v) is 9.69. The third-order valence-corrected chi connectivity index (χ3v) is 4.56. The average molecular weight is 427 g/mol. The lowest BCUT2D eigenvalue weighted by Crippen LogP contribution is -2.11. The number of halogens is 3. The number of allylic oxidation sites excluding steroid dienone is 1. The lowest BCUT2D eigenvalue weighted by molar-refractivity contribution is -0.137. The van der Waals surface area contributed by atoms with E-state index in [2.05, 4.69) is 16.5 Å². The van der Waals surface area contributed by atoms with Gasteiger partial charge < -0.3 is 14.6 Å². The molecule has 3 rings (SSSR count). The third kappa shape index (κ3) is 5.24. The van der Waals surface area contributed by atoms with E-state index in [1.807, 2.05) is 49.3 Å². The SMILES string of the molecule is C=C(O/C(=C\C)c1nc(-c2ccccc2)c(CN(C)C)[nH]1)c1ccccc1C(F)(F)F. The van der Waals surface area contributed by atoms with Crippen LogP contribution >= 0.6 is 0 Å². The first-order chi connectivity index (χ1) is 14.7. The second kappa shape index (κ2) is 9.22. The number of nitrogens with one attached hydrogen (secondary N) is 1. The maximum Gasteiger partial charge on any atom is 0.417 e. The van der Waals surface area contributed by atoms with E-state index in [-0.39, 0.29) is 11.3 Å². The van der Waals surface area contributed by atoms with Crippen LogP contribution in [0.4, 0.5) is 13.2 Å². The normalized spacial score (nSPS) is 12.3. The molecule has 0 saturated carbocycles. The highest BCUT2D eigenvalue weighted by Gasteiger charge is 2.34. The number of hydrogen-bond donors (Lipinski definition) is 1. The summed E-state index contributed by atoms with van der Waals surface area (Å²) in [7, 11) is 3.89. The van der Waals surface area contributed by atoms with Crippen molar-refractivity contribution in [2.24, 2.45) is 0 Å². The van der Waals surface area contributed by atoms with E-state index in [4.69, 9.17) is 4.74 Å². The van der Waals surface area contributed by atoms with Crippen LogP contribution in [0.5, 0.6) is 0 Å². The highest BCUT2D eigenvalue weighted by molar-refractivity contribution is 5.70. The van der Waals surface area contributed by atoms with Crippen molar-refractivity contribution in [2.45, 2.75) is 19.6 Å². The predicted molar refractivity (Wildman–Crippen MR) is 117 cm³/mol. The fraction of sp³-hybridized carbons (Fsp3) is 0.208. The van der Waals surface area contributed by atoms with E-state index in [0.29, 0.717) is 18.1 Å². The molecule has 0 atom stereocenters. The Morgan fingerprint density at radius 1 is 1.10 bits per heavy atom. The van der Waals surface area contributed by atoms with Crippen LogP contribution in [0.25, 0.3) is 22.8 Å². The van der Waals surface area contributed by atoms with Crippen molar-refractivity contribution in [1.29, 1.82) is 0 Å². The number of aromatic amines is 1. The van der Waals surface area contributed by atoms with Crippen LogP contribution in [-0.2, 0) is 17.5 Å². The van der Waals surface area contributed by atoms with Crippen LogP contribution in [0.3, 0.4) is 0 Å². The molecule has 0 spiro atoms. The third-order valence-electron chi connectivity index (χ3n) is 4.56. The molecule has 31 heavy (non-hydrogen) atoms. The summed E-state index contributed by atoms with van der Waals surface area (Å²) in [6.45, 7) is 6.07. The number of aromatic nitrogens is 2. The van der Waals surface area contributed by atoms with Gasteiger partial charge in [0, 0.05) is 17.7 Å². The minimum atomic E-state index is -4.51. The number of alkyl halides is 3. The molecule has 3 aromatic rings. The van der Waals surface area contributed by atoms with Gasteiger partial charge in [0.15, 0.2) is 11.6 Å². The molecule has 0 bridgehead atoms. The minimum Gasteiger partial charge on any atom is -0.454 e. The van der Waals surface area contributed by atoms with Crippen molar-refractivity contribution >= 4 is 11.5 Å². The van der Waals surface area contributed by atoms with Crippen molar-refractivity contribution < 1.29 is 17.9 Å². The van der Waals surface area contributed by atoms with Gasteiger partial charge in [-0.15, -0.1) is 0 Å². The second-order valence-electron chi connectivity index (χ2n) is 7.24. The summed E-state index contributed by atoms with van der Waals surface area (Å²) in [5.74, 6) is 0.612. The predicted octanol–water partition coefficient (Wildman–Crippen LogP) is 6.21. The topological polar surface area (TPSA) is 41.1 Å². The molecule has 7 heteroatoms. The van der Waals surface area contributed by atoms with Gasteiger partial charge in [0.2, 0.25) is 0 Å². The fourth-order valence-corrected chi connectivity index (χ4v) is 3.20. The van der Waals surface area contributed by atoms with E-state index in [0.717, 1.165) is 23.0 Å². The summed E-state index contributed by atoms with van der Waals surface area (Å²) in [6.07, 6.45) is -2.86. The Bertz CT molecular complexity index is 1080. The molecule has 0 amide bonds. The van der Waals surface area contributed by atoms with Gasteiger partial charge in [0.25, 0.3) is 0 Å². The highest BCUT2D eigenvalue weighted by atomic mass is 19.4. The molecule has 0 aliphatic rings. The Morgan fingerprint density at radius 2 is 1.74 bits per heavy atom. The van der Waals surface area contributed by atoms with Crippen molar-refractivity contribution in [3.8, 4) is 11.3 Å². The van der Waals surface area contributed by atoms with Gasteiger partial charge in [-0.3, -0.25) is 0 Å². The van der Waals surface area contributed by atoms with Crippen LogP contribution < -0.4 is 0 Å². The van der Waals surface area contributed by atoms with Crippen molar-refractivity contribution in [3.63, 3.8) is 0 Å². The average Bonchev–Trinajstić information content (AvgIpc) is 3.14. The Labute approximate surface area is 179 Å². The highest BCUT2D eigenvalue weighted by Crippen LogP contribution is 2.36. The molecule has 2 aromatic carbocycles. The van der Waals surface area contributed by atoms with E-state index >= 15 is 0 Å². The Balaban J connectivity index is 1.95. The van der Waals surface area contributed by atoms with Gasteiger partial charge in [-0.05, 0) is 33.2 Å². The van der Waals surface area contributed by atoms with Crippen LogP contribution in [0.1, 0.15) is 29.6 Å². The first-order valence-electron chi connectivity index (χ1n) is 9.69. The standard InChI is InChI=1S/C24H24F3N3O/c1-5-21(31-16(2)18-13-9-10-14-19(18)24(25,26)27)23-28-20(15-30(3)4)22(29-23)17-11-7-6-8-12-17/h5-14H,2,15H2,1,3-4H3,(H,28,29)/b21-5-. The van der Waals surface area contributed by atoms with E-state index < -0.39 is 11.7 Å². The van der Waals surface area contributed by atoms with Gasteiger partial charge in [-0.1, -0.05) is 55.1 Å². The zero-order valence-electron chi connectivity index (χ0n) is 17.6.